The van der Waals surface area contributed by atoms with E-state index in [0.717, 1.165) is 32.4 Å². The molecule has 1 rings (SSSR count). The highest BCUT2D eigenvalue weighted by Crippen LogP contribution is 2.13. The van der Waals surface area contributed by atoms with Crippen LogP contribution >= 0.6 is 0 Å². The van der Waals surface area contributed by atoms with E-state index in [2.05, 4.69) is 6.92 Å². The summed E-state index contributed by atoms with van der Waals surface area (Å²) in [6.45, 7) is 3.89. The van der Waals surface area contributed by atoms with E-state index in [4.69, 9.17) is 4.74 Å². The fourth-order valence-corrected chi connectivity index (χ4v) is 2.47. The summed E-state index contributed by atoms with van der Waals surface area (Å²) >= 11 is 0. The molecule has 1 fully saturated rings. The van der Waals surface area contributed by atoms with Gasteiger partial charge in [0.2, 0.25) is 5.91 Å². The molecule has 1 aliphatic rings. The van der Waals surface area contributed by atoms with E-state index in [1.54, 1.807) is 13.2 Å². The first-order valence-electron chi connectivity index (χ1n) is 7.76. The molecule has 0 spiro atoms. The number of carbonyl (C=O) groups is 1. The Kier molecular flexibility index (Phi) is 8.55. The van der Waals surface area contributed by atoms with Crippen molar-refractivity contribution >= 4 is 5.91 Å². The third-order valence-corrected chi connectivity index (χ3v) is 3.82. The van der Waals surface area contributed by atoms with E-state index in [-0.39, 0.29) is 5.91 Å². The van der Waals surface area contributed by atoms with E-state index in [1.165, 1.54) is 32.1 Å². The number of hydrogen-bond acceptors (Lipinski definition) is 2. The molecule has 1 heterocycles. The minimum absolute atomic E-state index is 0.170. The average Bonchev–Trinajstić information content (AvgIpc) is 2.46. The van der Waals surface area contributed by atoms with Crippen molar-refractivity contribution in [1.82, 2.24) is 4.90 Å². The van der Waals surface area contributed by atoms with Crippen LogP contribution in [0.1, 0.15) is 58.3 Å². The van der Waals surface area contributed by atoms with Crippen LogP contribution in [0.4, 0.5) is 0 Å². The summed E-state index contributed by atoms with van der Waals surface area (Å²) in [4.78, 5) is 13.9. The lowest BCUT2D eigenvalue weighted by molar-refractivity contribution is -0.128. The van der Waals surface area contributed by atoms with E-state index >= 15 is 0 Å². The first-order chi connectivity index (χ1) is 9.27. The van der Waals surface area contributed by atoms with Crippen molar-refractivity contribution in [3.05, 3.63) is 12.2 Å². The number of rotatable bonds is 8. The molecule has 3 heteroatoms. The second kappa shape index (κ2) is 10.0. The van der Waals surface area contributed by atoms with E-state index in [0.29, 0.717) is 6.10 Å². The van der Waals surface area contributed by atoms with E-state index in [9.17, 15) is 4.79 Å². The van der Waals surface area contributed by atoms with Crippen LogP contribution in [0.3, 0.4) is 0 Å². The summed E-state index contributed by atoms with van der Waals surface area (Å²) in [7, 11) is 1.75. The molecule has 0 aromatic carbocycles. The van der Waals surface area contributed by atoms with Crippen molar-refractivity contribution in [3.8, 4) is 0 Å². The van der Waals surface area contributed by atoms with Crippen molar-refractivity contribution in [3.63, 3.8) is 0 Å². The van der Waals surface area contributed by atoms with Gasteiger partial charge in [0.15, 0.2) is 0 Å². The Bertz CT molecular complexity index is 268. The lowest BCUT2D eigenvalue weighted by Crippen LogP contribution is -2.39. The molecule has 19 heavy (non-hydrogen) atoms. The second-order valence-corrected chi connectivity index (χ2v) is 5.37. The number of nitrogens with zero attached hydrogens (tertiary/aromatic N) is 1. The van der Waals surface area contributed by atoms with Crippen LogP contribution in [-0.2, 0) is 9.53 Å². The summed E-state index contributed by atoms with van der Waals surface area (Å²) < 4.78 is 5.31. The highest BCUT2D eigenvalue weighted by Gasteiger charge is 2.20. The van der Waals surface area contributed by atoms with Crippen molar-refractivity contribution in [2.45, 2.75) is 64.4 Å². The number of likely N-dealkylation sites (tertiary alicyclic amines) is 1. The molecule has 0 N–H and O–H groups in total. The van der Waals surface area contributed by atoms with Gasteiger partial charge >= 0.3 is 0 Å². The molecule has 0 unspecified atom stereocenters. The monoisotopic (exact) mass is 267 g/mol. The zero-order valence-corrected chi connectivity index (χ0v) is 12.6. The SMILES string of the molecule is CCCCCCCC=CC(=O)N1CCC(OC)CC1. The molecule has 0 aromatic rings. The van der Waals surface area contributed by atoms with E-state index in [1.807, 2.05) is 11.0 Å². The Balaban J connectivity index is 2.10. The van der Waals surface area contributed by atoms with Crippen molar-refractivity contribution < 1.29 is 9.53 Å². The maximum absolute atomic E-state index is 11.9. The number of unbranched alkanes of at least 4 members (excludes halogenated alkanes) is 5. The first-order valence-corrected chi connectivity index (χ1v) is 7.76. The van der Waals surface area contributed by atoms with Gasteiger partial charge in [-0.25, -0.2) is 0 Å². The number of amides is 1. The Hall–Kier alpha value is -0.830. The summed E-state index contributed by atoms with van der Waals surface area (Å²) in [6, 6.07) is 0. The largest absolute Gasteiger partial charge is 0.381 e. The lowest BCUT2D eigenvalue weighted by atomic mass is 10.1. The first kappa shape index (κ1) is 16.2. The van der Waals surface area contributed by atoms with Gasteiger partial charge in [-0.15, -0.1) is 0 Å². The summed E-state index contributed by atoms with van der Waals surface area (Å²) in [5.41, 5.74) is 0. The van der Waals surface area contributed by atoms with Gasteiger partial charge in [-0.1, -0.05) is 38.7 Å². The minimum Gasteiger partial charge on any atom is -0.381 e. The maximum Gasteiger partial charge on any atom is 0.246 e. The fraction of sp³-hybridized carbons (Fsp3) is 0.812. The quantitative estimate of drug-likeness (QED) is 0.497. The maximum atomic E-state index is 11.9. The summed E-state index contributed by atoms with van der Waals surface area (Å²) in [5.74, 6) is 0.170. The molecule has 110 valence electrons. The Morgan fingerprint density at radius 2 is 1.89 bits per heavy atom. The summed E-state index contributed by atoms with van der Waals surface area (Å²) in [6.07, 6.45) is 13.5. The standard InChI is InChI=1S/C16H29NO2/c1-3-4-5-6-7-8-9-10-16(18)17-13-11-15(19-2)12-14-17/h9-10,15H,3-8,11-14H2,1-2H3. The highest BCUT2D eigenvalue weighted by molar-refractivity contribution is 5.87. The molecule has 1 amide bonds. The Morgan fingerprint density at radius 3 is 2.53 bits per heavy atom. The van der Waals surface area contributed by atoms with Gasteiger partial charge in [0, 0.05) is 20.2 Å². The topological polar surface area (TPSA) is 29.5 Å². The second-order valence-electron chi connectivity index (χ2n) is 5.37. The lowest BCUT2D eigenvalue weighted by Gasteiger charge is -2.30. The number of hydrogen-bond donors (Lipinski definition) is 0. The molecule has 0 bridgehead atoms. The van der Waals surface area contributed by atoms with Crippen molar-refractivity contribution in [1.29, 1.82) is 0 Å². The van der Waals surface area contributed by atoms with E-state index < -0.39 is 0 Å². The predicted octanol–water partition coefficient (Wildman–Crippen LogP) is 3.54. The minimum atomic E-state index is 0.170. The van der Waals surface area contributed by atoms with Crippen molar-refractivity contribution in [2.75, 3.05) is 20.2 Å². The van der Waals surface area contributed by atoms with Crippen LogP contribution < -0.4 is 0 Å². The molecular formula is C16H29NO2. The van der Waals surface area contributed by atoms with Crippen LogP contribution in [0.2, 0.25) is 0 Å². The molecule has 0 atom stereocenters. The Morgan fingerprint density at radius 1 is 1.21 bits per heavy atom. The zero-order chi connectivity index (χ0) is 13.9. The fourth-order valence-electron chi connectivity index (χ4n) is 2.47. The van der Waals surface area contributed by atoms with Gasteiger partial charge in [0.25, 0.3) is 0 Å². The number of allylic oxidation sites excluding steroid dienone is 1. The van der Waals surface area contributed by atoms with Crippen LogP contribution in [0.25, 0.3) is 0 Å². The Labute approximate surface area is 118 Å². The van der Waals surface area contributed by atoms with Crippen LogP contribution in [0.5, 0.6) is 0 Å². The molecule has 0 aromatic heterocycles. The van der Waals surface area contributed by atoms with Crippen LogP contribution in [0, 0.1) is 0 Å². The van der Waals surface area contributed by atoms with Crippen molar-refractivity contribution in [2.24, 2.45) is 0 Å². The highest BCUT2D eigenvalue weighted by atomic mass is 16.5. The number of carbonyl (C=O) groups excluding carboxylic acids is 1. The number of ether oxygens (including phenoxy) is 1. The summed E-state index contributed by atoms with van der Waals surface area (Å²) in [5, 5.41) is 0. The van der Waals surface area contributed by atoms with Gasteiger partial charge in [-0.3, -0.25) is 4.79 Å². The van der Waals surface area contributed by atoms with Gasteiger partial charge < -0.3 is 9.64 Å². The average molecular weight is 267 g/mol. The molecule has 0 saturated carbocycles. The molecule has 0 radical (unpaired) electrons. The van der Waals surface area contributed by atoms with Gasteiger partial charge in [0.1, 0.15) is 0 Å². The molecule has 1 saturated heterocycles. The van der Waals surface area contributed by atoms with Crippen LogP contribution in [0.15, 0.2) is 12.2 Å². The molecule has 0 aliphatic carbocycles. The molecule has 1 aliphatic heterocycles. The number of methoxy groups -OCH3 is 1. The van der Waals surface area contributed by atoms with Crippen LogP contribution in [-0.4, -0.2) is 37.1 Å². The van der Waals surface area contributed by atoms with Gasteiger partial charge in [-0.05, 0) is 31.8 Å². The molecule has 3 nitrogen and oxygen atoms in total. The smallest absolute Gasteiger partial charge is 0.246 e. The number of piperidine rings is 1. The van der Waals surface area contributed by atoms with Gasteiger partial charge in [-0.2, -0.15) is 0 Å². The third kappa shape index (κ3) is 6.76. The van der Waals surface area contributed by atoms with Gasteiger partial charge in [0.05, 0.1) is 6.10 Å². The third-order valence-electron chi connectivity index (χ3n) is 3.82. The molecular weight excluding hydrogens is 238 g/mol. The predicted molar refractivity (Wildman–Crippen MR) is 79.1 cm³/mol. The normalized spacial score (nSPS) is 17.3. The zero-order valence-electron chi connectivity index (χ0n) is 12.6.